The smallest absolute Gasteiger partial charge is 0.143 e. The Morgan fingerprint density at radius 1 is 1.16 bits per heavy atom. The summed E-state index contributed by atoms with van der Waals surface area (Å²) >= 11 is 0. The fourth-order valence-corrected chi connectivity index (χ4v) is 2.55. The van der Waals surface area contributed by atoms with Crippen molar-refractivity contribution in [3.05, 3.63) is 30.6 Å². The number of tetrazole rings is 1. The number of aromatic nitrogens is 4. The van der Waals surface area contributed by atoms with Crippen molar-refractivity contribution in [2.45, 2.75) is 37.8 Å². The van der Waals surface area contributed by atoms with E-state index in [1.807, 2.05) is 18.2 Å². The zero-order chi connectivity index (χ0) is 13.1. The van der Waals surface area contributed by atoms with Gasteiger partial charge in [0.2, 0.25) is 0 Å². The van der Waals surface area contributed by atoms with Gasteiger partial charge < -0.3 is 11.1 Å². The highest BCUT2D eigenvalue weighted by atomic mass is 15.5. The molecule has 6 heteroatoms. The lowest BCUT2D eigenvalue weighted by Gasteiger charge is -2.28. The molecule has 1 saturated carbocycles. The molecule has 3 rings (SSSR count). The number of hydrogen-bond acceptors (Lipinski definition) is 5. The Morgan fingerprint density at radius 3 is 2.68 bits per heavy atom. The van der Waals surface area contributed by atoms with E-state index in [9.17, 15) is 0 Å². The van der Waals surface area contributed by atoms with Crippen LogP contribution in [0.2, 0.25) is 0 Å². The summed E-state index contributed by atoms with van der Waals surface area (Å²) in [4.78, 5) is 0. The van der Waals surface area contributed by atoms with E-state index in [0.717, 1.165) is 37.1 Å². The molecule has 1 aromatic heterocycles. The molecule has 1 aliphatic rings. The maximum absolute atomic E-state index is 5.94. The fraction of sp³-hybridized carbons (Fsp3) is 0.462. The van der Waals surface area contributed by atoms with Crippen LogP contribution >= 0.6 is 0 Å². The van der Waals surface area contributed by atoms with E-state index in [1.165, 1.54) is 0 Å². The predicted octanol–water partition coefficient (Wildman–Crippen LogP) is 1.34. The fourth-order valence-electron chi connectivity index (χ4n) is 2.55. The van der Waals surface area contributed by atoms with Gasteiger partial charge in [-0.05, 0) is 48.2 Å². The maximum atomic E-state index is 5.94. The summed E-state index contributed by atoms with van der Waals surface area (Å²) in [6.45, 7) is 0. The second kappa shape index (κ2) is 5.36. The Balaban J connectivity index is 1.78. The van der Waals surface area contributed by atoms with Crippen LogP contribution in [0.5, 0.6) is 0 Å². The molecule has 0 spiro atoms. The molecule has 1 heterocycles. The molecule has 3 N–H and O–H groups in total. The minimum atomic E-state index is 0.368. The van der Waals surface area contributed by atoms with Crippen molar-refractivity contribution in [3.8, 4) is 5.69 Å². The van der Waals surface area contributed by atoms with Gasteiger partial charge in [0.25, 0.3) is 0 Å². The first kappa shape index (κ1) is 12.1. The third-order valence-electron chi connectivity index (χ3n) is 3.63. The van der Waals surface area contributed by atoms with Crippen LogP contribution in [-0.2, 0) is 0 Å². The number of nitrogens with one attached hydrogen (secondary N) is 1. The molecule has 0 radical (unpaired) electrons. The first-order valence-electron chi connectivity index (χ1n) is 6.67. The van der Waals surface area contributed by atoms with Crippen LogP contribution in [0.25, 0.3) is 5.69 Å². The number of nitrogens with zero attached hydrogens (tertiary/aromatic N) is 4. The molecule has 2 aromatic rings. The Hall–Kier alpha value is -1.95. The zero-order valence-corrected chi connectivity index (χ0v) is 10.7. The molecule has 1 aromatic carbocycles. The second-order valence-corrected chi connectivity index (χ2v) is 5.03. The van der Waals surface area contributed by atoms with Crippen molar-refractivity contribution in [2.75, 3.05) is 5.32 Å². The molecule has 0 unspecified atom stereocenters. The Labute approximate surface area is 112 Å². The number of anilines is 1. The van der Waals surface area contributed by atoms with Gasteiger partial charge in [-0.2, -0.15) is 4.68 Å². The molecule has 1 aliphatic carbocycles. The number of hydrogen-bond donors (Lipinski definition) is 2. The van der Waals surface area contributed by atoms with Gasteiger partial charge in [-0.15, -0.1) is 5.10 Å². The van der Waals surface area contributed by atoms with Crippen LogP contribution in [0.1, 0.15) is 25.7 Å². The number of rotatable bonds is 3. The van der Waals surface area contributed by atoms with Gasteiger partial charge in [0.05, 0.1) is 11.4 Å². The van der Waals surface area contributed by atoms with E-state index in [4.69, 9.17) is 5.73 Å². The van der Waals surface area contributed by atoms with Gasteiger partial charge in [-0.1, -0.05) is 12.1 Å². The van der Waals surface area contributed by atoms with E-state index in [-0.39, 0.29) is 0 Å². The van der Waals surface area contributed by atoms with Crippen molar-refractivity contribution in [3.63, 3.8) is 0 Å². The van der Waals surface area contributed by atoms with Crippen molar-refractivity contribution >= 4 is 5.69 Å². The van der Waals surface area contributed by atoms with Crippen LogP contribution < -0.4 is 11.1 Å². The van der Waals surface area contributed by atoms with E-state index < -0.39 is 0 Å². The molecule has 0 amide bonds. The van der Waals surface area contributed by atoms with Crippen LogP contribution in [0.3, 0.4) is 0 Å². The van der Waals surface area contributed by atoms with Gasteiger partial charge in [-0.3, -0.25) is 0 Å². The van der Waals surface area contributed by atoms with Gasteiger partial charge in [0, 0.05) is 12.1 Å². The lowest BCUT2D eigenvalue weighted by atomic mass is 9.91. The topological polar surface area (TPSA) is 81.6 Å². The third kappa shape index (κ3) is 2.73. The van der Waals surface area contributed by atoms with Crippen LogP contribution in [0.15, 0.2) is 30.6 Å². The quantitative estimate of drug-likeness (QED) is 0.868. The Bertz CT molecular complexity index is 516. The number of nitrogens with two attached hydrogens (primary N) is 1. The first-order chi connectivity index (χ1) is 9.33. The van der Waals surface area contributed by atoms with E-state index in [1.54, 1.807) is 11.0 Å². The van der Waals surface area contributed by atoms with Crippen LogP contribution in [0.4, 0.5) is 5.69 Å². The molecule has 0 atom stereocenters. The number of benzene rings is 1. The van der Waals surface area contributed by atoms with Crippen LogP contribution in [-0.4, -0.2) is 32.3 Å². The SMILES string of the molecule is NC1CCC(Nc2ccccc2-n2cnnn2)CC1. The molecule has 19 heavy (non-hydrogen) atoms. The van der Waals surface area contributed by atoms with Crippen molar-refractivity contribution in [2.24, 2.45) is 5.73 Å². The highest BCUT2D eigenvalue weighted by Crippen LogP contribution is 2.24. The number of para-hydroxylation sites is 2. The monoisotopic (exact) mass is 258 g/mol. The molecular weight excluding hydrogens is 240 g/mol. The molecule has 0 aliphatic heterocycles. The summed E-state index contributed by atoms with van der Waals surface area (Å²) in [5.41, 5.74) is 7.98. The average Bonchev–Trinajstić information content (AvgIpc) is 2.96. The molecule has 100 valence electrons. The second-order valence-electron chi connectivity index (χ2n) is 5.03. The normalized spacial score (nSPS) is 23.2. The molecule has 1 fully saturated rings. The van der Waals surface area contributed by atoms with Crippen molar-refractivity contribution < 1.29 is 0 Å². The molecular formula is C13H18N6. The summed E-state index contributed by atoms with van der Waals surface area (Å²) in [5.74, 6) is 0. The lowest BCUT2D eigenvalue weighted by molar-refractivity contribution is 0.411. The molecule has 0 saturated heterocycles. The Morgan fingerprint density at radius 2 is 1.95 bits per heavy atom. The minimum absolute atomic E-state index is 0.368. The largest absolute Gasteiger partial charge is 0.381 e. The van der Waals surface area contributed by atoms with Gasteiger partial charge >= 0.3 is 0 Å². The summed E-state index contributed by atoms with van der Waals surface area (Å²) in [6.07, 6.45) is 6.02. The highest BCUT2D eigenvalue weighted by molar-refractivity contribution is 5.60. The third-order valence-corrected chi connectivity index (χ3v) is 3.63. The van der Waals surface area contributed by atoms with Gasteiger partial charge in [0.15, 0.2) is 0 Å². The maximum Gasteiger partial charge on any atom is 0.143 e. The minimum Gasteiger partial charge on any atom is -0.381 e. The summed E-state index contributed by atoms with van der Waals surface area (Å²) in [5, 5.41) is 14.9. The summed E-state index contributed by atoms with van der Waals surface area (Å²) in [6, 6.07) is 8.92. The van der Waals surface area contributed by atoms with E-state index in [2.05, 4.69) is 26.9 Å². The standard InChI is InChI=1S/C13H18N6/c14-10-5-7-11(8-6-10)16-12-3-1-2-4-13(12)19-9-15-17-18-19/h1-4,9-11,16H,5-8,14H2. The lowest BCUT2D eigenvalue weighted by Crippen LogP contribution is -2.33. The summed E-state index contributed by atoms with van der Waals surface area (Å²) in [7, 11) is 0. The van der Waals surface area contributed by atoms with Crippen LogP contribution in [0, 0.1) is 0 Å². The molecule has 0 bridgehead atoms. The van der Waals surface area contributed by atoms with Gasteiger partial charge in [-0.25, -0.2) is 0 Å². The predicted molar refractivity (Wildman–Crippen MR) is 73.0 cm³/mol. The first-order valence-corrected chi connectivity index (χ1v) is 6.67. The van der Waals surface area contributed by atoms with E-state index >= 15 is 0 Å². The molecule has 6 nitrogen and oxygen atoms in total. The average molecular weight is 258 g/mol. The Kier molecular flexibility index (Phi) is 3.41. The van der Waals surface area contributed by atoms with Gasteiger partial charge in [0.1, 0.15) is 6.33 Å². The zero-order valence-electron chi connectivity index (χ0n) is 10.7. The van der Waals surface area contributed by atoms with E-state index in [0.29, 0.717) is 12.1 Å². The van der Waals surface area contributed by atoms with Crippen molar-refractivity contribution in [1.29, 1.82) is 0 Å². The highest BCUT2D eigenvalue weighted by Gasteiger charge is 2.19. The van der Waals surface area contributed by atoms with Crippen molar-refractivity contribution in [1.82, 2.24) is 20.2 Å². The summed E-state index contributed by atoms with van der Waals surface area (Å²) < 4.78 is 1.68.